The van der Waals surface area contributed by atoms with Crippen LogP contribution in [0.3, 0.4) is 0 Å². The van der Waals surface area contributed by atoms with E-state index >= 15 is 0 Å². The third-order valence-corrected chi connectivity index (χ3v) is 9.13. The quantitative estimate of drug-likeness (QED) is 0.303. The first-order valence-corrected chi connectivity index (χ1v) is 13.7. The summed E-state index contributed by atoms with van der Waals surface area (Å²) in [5.74, 6) is 0. The molecule has 0 heterocycles. The topological polar surface area (TPSA) is 80.3 Å². The summed E-state index contributed by atoms with van der Waals surface area (Å²) in [6, 6.07) is -6.67. The predicted molar refractivity (Wildman–Crippen MR) is 110 cm³/mol. The summed E-state index contributed by atoms with van der Waals surface area (Å²) in [6.45, 7) is 0. The lowest BCUT2D eigenvalue weighted by Crippen LogP contribution is -2.52. The predicted octanol–water partition coefficient (Wildman–Crippen LogP) is 7.97. The van der Waals surface area contributed by atoms with E-state index in [0.29, 0.717) is 0 Å². The molecule has 2 aromatic rings. The van der Waals surface area contributed by atoms with Gasteiger partial charge in [-0.2, -0.15) is 79.0 Å². The molecule has 0 amide bonds. The fourth-order valence-corrected chi connectivity index (χ4v) is 6.50. The molecule has 2 aromatic carbocycles. The van der Waals surface area contributed by atoms with Gasteiger partial charge < -0.3 is 0 Å². The van der Waals surface area contributed by atoms with Crippen molar-refractivity contribution in [2.24, 2.45) is 0 Å². The van der Waals surface area contributed by atoms with Crippen molar-refractivity contribution in [2.75, 3.05) is 0 Å². The molecule has 47 heavy (non-hydrogen) atoms. The largest absolute Gasteiger partial charge is 0.435 e. The van der Waals surface area contributed by atoms with Crippen LogP contribution in [0.5, 0.6) is 0 Å². The minimum atomic E-state index is -7.45. The second-order valence-corrected chi connectivity index (χ2v) is 12.5. The van der Waals surface area contributed by atoms with Gasteiger partial charge in [-0.15, -0.1) is 4.13 Å². The van der Waals surface area contributed by atoms with Crippen LogP contribution in [0.1, 0.15) is 22.3 Å². The van der Waals surface area contributed by atoms with Gasteiger partial charge in [0.05, 0.1) is 20.9 Å². The second-order valence-electron chi connectivity index (χ2n) is 8.89. The Morgan fingerprint density at radius 3 is 0.787 bits per heavy atom. The van der Waals surface area contributed by atoms with Crippen molar-refractivity contribution in [1.29, 1.82) is 0 Å². The number of hydrogen-bond acceptors (Lipinski definition) is 4. The zero-order valence-electron chi connectivity index (χ0n) is 21.0. The smallest absolute Gasteiger partial charge is 0.218 e. The number of sulfonamides is 2. The van der Waals surface area contributed by atoms with E-state index in [0.717, 1.165) is 0 Å². The van der Waals surface area contributed by atoms with Crippen molar-refractivity contribution in [1.82, 2.24) is 4.13 Å². The average Bonchev–Trinajstić information content (AvgIpc) is 2.82. The minimum absolute atomic E-state index is 0.0747. The Kier molecular flexibility index (Phi) is 9.57. The number of alkyl halides is 20. The molecular weight excluding hydrogens is 762 g/mol. The van der Waals surface area contributed by atoms with Gasteiger partial charge in [0.1, 0.15) is 0 Å². The first-order valence-electron chi connectivity index (χ1n) is 10.7. The highest BCUT2D eigenvalue weighted by atomic mass is 32.3. The highest BCUT2D eigenvalue weighted by Gasteiger charge is 2.76. The maximum atomic E-state index is 14.7. The Balaban J connectivity index is 3.07. The molecule has 0 aliphatic rings. The van der Waals surface area contributed by atoms with E-state index in [4.69, 9.17) is 0 Å². The molecule has 0 aromatic heterocycles. The van der Waals surface area contributed by atoms with E-state index in [2.05, 4.69) is 0 Å². The van der Waals surface area contributed by atoms with E-state index in [-0.39, 0.29) is 4.13 Å². The fraction of sp³-hybridized carbons (Fsp3) is 0.400. The van der Waals surface area contributed by atoms with Crippen LogP contribution in [-0.2, 0) is 43.7 Å². The van der Waals surface area contributed by atoms with Gasteiger partial charge in [0.15, 0.2) is 0 Å². The second kappa shape index (κ2) is 11.2. The Morgan fingerprint density at radius 2 is 0.574 bits per heavy atom. The van der Waals surface area contributed by atoms with Crippen LogP contribution in [0.4, 0.5) is 87.8 Å². The number of nitrogens with one attached hydrogen (secondary N) is 1. The van der Waals surface area contributed by atoms with E-state index in [1.807, 2.05) is 0 Å². The van der Waals surface area contributed by atoms with Crippen LogP contribution in [0, 0.1) is 0 Å². The molecule has 0 bridgehead atoms. The Hall–Kier alpha value is -3.10. The number of rotatable bonds is 6. The van der Waals surface area contributed by atoms with E-state index in [1.54, 1.807) is 0 Å². The van der Waals surface area contributed by atoms with Gasteiger partial charge in [-0.1, -0.05) is 0 Å². The molecule has 268 valence electrons. The van der Waals surface area contributed by atoms with Crippen molar-refractivity contribution >= 4 is 20.0 Å². The first kappa shape index (κ1) is 40.1. The maximum absolute atomic E-state index is 14.7. The summed E-state index contributed by atoms with van der Waals surface area (Å²) < 4.78 is 318. The van der Waals surface area contributed by atoms with Gasteiger partial charge in [0, 0.05) is 11.1 Å². The summed E-state index contributed by atoms with van der Waals surface area (Å²) in [4.78, 5) is -5.34. The lowest BCUT2D eigenvalue weighted by Gasteiger charge is -2.34. The Labute approximate surface area is 246 Å². The Morgan fingerprint density at radius 1 is 0.362 bits per heavy atom. The third kappa shape index (κ3) is 7.34. The Bertz CT molecular complexity index is 1610. The molecule has 0 radical (unpaired) electrons. The summed E-state index contributed by atoms with van der Waals surface area (Å²) in [5.41, 5.74) is -26.4. The van der Waals surface area contributed by atoms with Gasteiger partial charge in [-0.05, 0) is 36.4 Å². The molecule has 0 atom stereocenters. The highest BCUT2D eigenvalue weighted by Crippen LogP contribution is 2.57. The van der Waals surface area contributed by atoms with Gasteiger partial charge >= 0.3 is 48.4 Å². The lowest BCUT2D eigenvalue weighted by molar-refractivity contribution is -0.350. The average molecular weight is 769 g/mol. The molecule has 0 unspecified atom stereocenters. The molecule has 0 aliphatic heterocycles. The van der Waals surface area contributed by atoms with Crippen LogP contribution in [0.15, 0.2) is 46.2 Å². The van der Waals surface area contributed by atoms with Crippen molar-refractivity contribution in [2.45, 2.75) is 58.2 Å². The molecule has 0 spiro atoms. The molecule has 2 rings (SSSR count). The molecule has 0 saturated heterocycles. The van der Waals surface area contributed by atoms with E-state index in [1.165, 1.54) is 0 Å². The molecule has 5 nitrogen and oxygen atoms in total. The van der Waals surface area contributed by atoms with Gasteiger partial charge in [-0.3, -0.25) is 0 Å². The van der Waals surface area contributed by atoms with Crippen molar-refractivity contribution < 1.29 is 105 Å². The standard InChI is InChI=1S/C20H7F20NO4S2/c21-13(17(29,30)31,18(32,33)34)7-1-8(14(22,19(35,36)37)20(38,39)40)4-11(3-7)46(42,43)41-47(44,45)12-5-9(15(23,24)25)2-10(6-12)16(26,27)28/h1-6,41H. The van der Waals surface area contributed by atoms with E-state index < -0.39 is 137 Å². The zero-order chi connectivity index (χ0) is 37.4. The van der Waals surface area contributed by atoms with Gasteiger partial charge in [0.25, 0.3) is 20.0 Å². The minimum Gasteiger partial charge on any atom is -0.218 e. The maximum Gasteiger partial charge on any atom is 0.435 e. The number of benzene rings is 2. The fourth-order valence-electron chi connectivity index (χ4n) is 3.45. The molecule has 0 saturated carbocycles. The first-order chi connectivity index (χ1) is 20.3. The van der Waals surface area contributed by atoms with Gasteiger partial charge in [0.2, 0.25) is 0 Å². The number of halogens is 20. The third-order valence-electron chi connectivity index (χ3n) is 5.67. The lowest BCUT2D eigenvalue weighted by atomic mass is 9.87. The molecule has 0 aliphatic carbocycles. The SMILES string of the molecule is O=S(=O)(NS(=O)(=O)c1cc(C(F)(C(F)(F)F)C(F)(F)F)cc(C(F)(C(F)(F)F)C(F)(F)F)c1)c1cc(C(F)(F)F)cc(C(F)(F)F)c1. The van der Waals surface area contributed by atoms with Crippen LogP contribution in [0.25, 0.3) is 0 Å². The van der Waals surface area contributed by atoms with Gasteiger partial charge in [-0.25, -0.2) is 25.6 Å². The summed E-state index contributed by atoms with van der Waals surface area (Å²) >= 11 is 0. The van der Waals surface area contributed by atoms with Crippen molar-refractivity contribution in [3.63, 3.8) is 0 Å². The van der Waals surface area contributed by atoms with Crippen LogP contribution in [-0.4, -0.2) is 41.5 Å². The normalized spacial score (nSPS) is 15.2. The van der Waals surface area contributed by atoms with Crippen LogP contribution < -0.4 is 4.13 Å². The number of hydrogen-bond donors (Lipinski definition) is 1. The molecule has 27 heteroatoms. The summed E-state index contributed by atoms with van der Waals surface area (Å²) in [7, 11) is -13.5. The zero-order valence-corrected chi connectivity index (χ0v) is 22.6. The van der Waals surface area contributed by atoms with Crippen molar-refractivity contribution in [3.05, 3.63) is 58.7 Å². The van der Waals surface area contributed by atoms with Crippen LogP contribution in [0.2, 0.25) is 0 Å². The summed E-state index contributed by atoms with van der Waals surface area (Å²) in [5, 5.41) is 0. The summed E-state index contributed by atoms with van der Waals surface area (Å²) in [6.07, 6.45) is -41.5. The monoisotopic (exact) mass is 769 g/mol. The van der Waals surface area contributed by atoms with Crippen LogP contribution >= 0.6 is 0 Å². The van der Waals surface area contributed by atoms with Crippen molar-refractivity contribution in [3.8, 4) is 0 Å². The molecule has 0 fully saturated rings. The molecule has 1 N–H and O–H groups in total. The van der Waals surface area contributed by atoms with E-state index in [9.17, 15) is 105 Å². The molecular formula is C20H7F20NO4S2. The highest BCUT2D eigenvalue weighted by molar-refractivity contribution is 8.04.